The number of H-pyrrole nitrogens is 1. The van der Waals surface area contributed by atoms with Gasteiger partial charge < -0.3 is 10.7 Å². The van der Waals surface area contributed by atoms with Crippen LogP contribution >= 0.6 is 0 Å². The third-order valence-electron chi connectivity index (χ3n) is 2.67. The molecule has 19 heavy (non-hydrogen) atoms. The second kappa shape index (κ2) is 5.41. The summed E-state index contributed by atoms with van der Waals surface area (Å²) in [6, 6.07) is 6.91. The Morgan fingerprint density at radius 1 is 1.32 bits per heavy atom. The van der Waals surface area contributed by atoms with Crippen molar-refractivity contribution in [2.75, 3.05) is 4.72 Å². The van der Waals surface area contributed by atoms with Gasteiger partial charge in [-0.2, -0.15) is 8.42 Å². The first-order valence-corrected chi connectivity index (χ1v) is 7.39. The predicted molar refractivity (Wildman–Crippen MR) is 73.1 cm³/mol. The molecule has 0 saturated carbocycles. The molecule has 0 amide bonds. The Bertz CT molecular complexity index is 647. The molecule has 2 aromatic rings. The number of nitrogens with one attached hydrogen (secondary N) is 2. The number of nitrogens with two attached hydrogens (primary N) is 1. The Kier molecular flexibility index (Phi) is 3.87. The molecule has 1 aromatic carbocycles. The smallest absolute Gasteiger partial charge is 0.278 e. The zero-order valence-electron chi connectivity index (χ0n) is 10.6. The number of rotatable bonds is 5. The van der Waals surface area contributed by atoms with Gasteiger partial charge in [0.25, 0.3) is 10.0 Å². The molecule has 102 valence electrons. The van der Waals surface area contributed by atoms with Crippen molar-refractivity contribution >= 4 is 15.7 Å². The van der Waals surface area contributed by atoms with Gasteiger partial charge in [0, 0.05) is 18.7 Å². The van der Waals surface area contributed by atoms with Crippen molar-refractivity contribution in [1.82, 2.24) is 9.97 Å². The van der Waals surface area contributed by atoms with Crippen molar-refractivity contribution < 1.29 is 8.42 Å². The van der Waals surface area contributed by atoms with E-state index in [1.807, 2.05) is 6.92 Å². The minimum Gasteiger partial charge on any atom is -0.332 e. The minimum atomic E-state index is -3.62. The molecule has 0 fully saturated rings. The summed E-state index contributed by atoms with van der Waals surface area (Å²) in [5, 5.41) is 0.0623. The van der Waals surface area contributed by atoms with Crippen molar-refractivity contribution in [1.29, 1.82) is 0 Å². The average molecular weight is 280 g/mol. The molecule has 1 aromatic heterocycles. The molecular weight excluding hydrogens is 264 g/mol. The number of sulfonamides is 1. The molecule has 6 nitrogen and oxygen atoms in total. The second-order valence-corrected chi connectivity index (χ2v) is 5.71. The number of aromatic amines is 1. The lowest BCUT2D eigenvalue weighted by Gasteiger charge is -2.06. The first kappa shape index (κ1) is 13.6. The minimum absolute atomic E-state index is 0.0623. The fraction of sp³-hybridized carbons (Fsp3) is 0.250. The maximum Gasteiger partial charge on any atom is 0.278 e. The average Bonchev–Trinajstić information content (AvgIpc) is 2.89. The summed E-state index contributed by atoms with van der Waals surface area (Å²) in [5.41, 5.74) is 6.92. The number of hydrogen-bond acceptors (Lipinski definition) is 4. The number of aryl methyl sites for hydroxylation is 1. The molecule has 0 aliphatic rings. The van der Waals surface area contributed by atoms with Gasteiger partial charge in [0.05, 0.1) is 6.20 Å². The molecule has 0 saturated heterocycles. The van der Waals surface area contributed by atoms with E-state index in [-0.39, 0.29) is 5.03 Å². The van der Waals surface area contributed by atoms with Crippen LogP contribution in [0, 0.1) is 0 Å². The predicted octanol–water partition coefficient (Wildman–Crippen LogP) is 1.23. The largest absolute Gasteiger partial charge is 0.332 e. The van der Waals surface area contributed by atoms with Gasteiger partial charge in [-0.15, -0.1) is 0 Å². The Hall–Kier alpha value is -1.86. The molecule has 0 spiro atoms. The number of benzene rings is 1. The van der Waals surface area contributed by atoms with Crippen LogP contribution in [0.25, 0.3) is 0 Å². The summed E-state index contributed by atoms with van der Waals surface area (Å²) in [7, 11) is -3.62. The lowest BCUT2D eigenvalue weighted by Crippen LogP contribution is -2.13. The zero-order valence-corrected chi connectivity index (χ0v) is 11.4. The van der Waals surface area contributed by atoms with Crippen LogP contribution in [0.15, 0.2) is 35.5 Å². The summed E-state index contributed by atoms with van der Waals surface area (Å²) in [6.07, 6.45) is 1.97. The van der Waals surface area contributed by atoms with Crippen molar-refractivity contribution in [3.05, 3.63) is 41.9 Å². The van der Waals surface area contributed by atoms with Crippen LogP contribution in [0.5, 0.6) is 0 Å². The molecule has 4 N–H and O–H groups in total. The van der Waals surface area contributed by atoms with E-state index in [9.17, 15) is 8.42 Å². The lowest BCUT2D eigenvalue weighted by molar-refractivity contribution is 0.598. The second-order valence-electron chi connectivity index (χ2n) is 4.05. The quantitative estimate of drug-likeness (QED) is 0.766. The molecule has 0 bridgehead atoms. The van der Waals surface area contributed by atoms with E-state index in [0.29, 0.717) is 24.5 Å². The van der Waals surface area contributed by atoms with E-state index in [1.54, 1.807) is 24.3 Å². The van der Waals surface area contributed by atoms with Crippen LogP contribution in [0.2, 0.25) is 0 Å². The first-order valence-electron chi connectivity index (χ1n) is 5.91. The molecule has 0 atom stereocenters. The number of hydrogen-bond donors (Lipinski definition) is 3. The fourth-order valence-electron chi connectivity index (χ4n) is 1.58. The lowest BCUT2D eigenvalue weighted by atomic mass is 10.2. The van der Waals surface area contributed by atoms with E-state index >= 15 is 0 Å². The van der Waals surface area contributed by atoms with Gasteiger partial charge >= 0.3 is 0 Å². The van der Waals surface area contributed by atoms with Crippen LogP contribution in [0.4, 0.5) is 5.69 Å². The zero-order chi connectivity index (χ0) is 13.9. The van der Waals surface area contributed by atoms with Crippen LogP contribution in [-0.4, -0.2) is 18.4 Å². The Labute approximate surface area is 112 Å². The van der Waals surface area contributed by atoms with Crippen molar-refractivity contribution in [3.8, 4) is 0 Å². The summed E-state index contributed by atoms with van der Waals surface area (Å²) in [6.45, 7) is 2.32. The van der Waals surface area contributed by atoms with E-state index in [4.69, 9.17) is 5.73 Å². The summed E-state index contributed by atoms with van der Waals surface area (Å²) in [5.74, 6) is 0.638. The molecule has 2 rings (SSSR count). The van der Waals surface area contributed by atoms with E-state index in [0.717, 1.165) is 5.56 Å². The highest BCUT2D eigenvalue weighted by Crippen LogP contribution is 2.15. The number of imidazole rings is 1. The Morgan fingerprint density at radius 3 is 2.53 bits per heavy atom. The molecule has 0 radical (unpaired) electrons. The number of nitrogens with zero attached hydrogens (tertiary/aromatic N) is 1. The standard InChI is InChI=1S/C12H16N4O2S/c1-2-11-14-8-12(15-11)19(17,18)16-10-5-3-9(7-13)4-6-10/h3-6,8,16H,2,7,13H2,1H3,(H,14,15). The number of anilines is 1. The highest BCUT2D eigenvalue weighted by atomic mass is 32.2. The van der Waals surface area contributed by atoms with Gasteiger partial charge in [-0.25, -0.2) is 4.98 Å². The van der Waals surface area contributed by atoms with E-state index in [1.165, 1.54) is 6.20 Å². The highest BCUT2D eigenvalue weighted by molar-refractivity contribution is 7.92. The number of aromatic nitrogens is 2. The van der Waals surface area contributed by atoms with Crippen molar-refractivity contribution in [2.24, 2.45) is 5.73 Å². The molecule has 7 heteroatoms. The van der Waals surface area contributed by atoms with Crippen LogP contribution < -0.4 is 10.5 Å². The Balaban J connectivity index is 2.20. The maximum absolute atomic E-state index is 12.1. The van der Waals surface area contributed by atoms with Crippen LogP contribution in [0.1, 0.15) is 18.3 Å². The van der Waals surface area contributed by atoms with E-state index in [2.05, 4.69) is 14.7 Å². The summed E-state index contributed by atoms with van der Waals surface area (Å²) < 4.78 is 26.6. The van der Waals surface area contributed by atoms with Gasteiger partial charge in [-0.05, 0) is 17.7 Å². The van der Waals surface area contributed by atoms with Gasteiger partial charge in [-0.1, -0.05) is 19.1 Å². The van der Waals surface area contributed by atoms with Gasteiger partial charge in [0.1, 0.15) is 5.82 Å². The topological polar surface area (TPSA) is 101 Å². The molecule has 0 aliphatic heterocycles. The van der Waals surface area contributed by atoms with E-state index < -0.39 is 10.0 Å². The molecule has 0 aliphatic carbocycles. The fourth-order valence-corrected chi connectivity index (χ4v) is 2.58. The van der Waals surface area contributed by atoms with Crippen LogP contribution in [0.3, 0.4) is 0 Å². The van der Waals surface area contributed by atoms with Gasteiger partial charge in [0.15, 0.2) is 5.03 Å². The van der Waals surface area contributed by atoms with Crippen molar-refractivity contribution in [3.63, 3.8) is 0 Å². The van der Waals surface area contributed by atoms with Crippen LogP contribution in [-0.2, 0) is 23.0 Å². The third kappa shape index (κ3) is 3.12. The molecule has 1 heterocycles. The molecule has 0 unspecified atom stereocenters. The van der Waals surface area contributed by atoms with Gasteiger partial charge in [0.2, 0.25) is 0 Å². The third-order valence-corrected chi connectivity index (χ3v) is 3.96. The van der Waals surface area contributed by atoms with Gasteiger partial charge in [-0.3, -0.25) is 4.72 Å². The SMILES string of the molecule is CCc1ncc(S(=O)(=O)Nc2ccc(CN)cc2)[nH]1. The molecular formula is C12H16N4O2S. The summed E-state index contributed by atoms with van der Waals surface area (Å²) >= 11 is 0. The Morgan fingerprint density at radius 2 is 2.00 bits per heavy atom. The normalized spacial score (nSPS) is 11.5. The summed E-state index contributed by atoms with van der Waals surface area (Å²) in [4.78, 5) is 6.74. The monoisotopic (exact) mass is 280 g/mol. The van der Waals surface area contributed by atoms with Crippen molar-refractivity contribution in [2.45, 2.75) is 24.9 Å². The maximum atomic E-state index is 12.1. The first-order chi connectivity index (χ1) is 9.05. The highest BCUT2D eigenvalue weighted by Gasteiger charge is 2.16.